The second-order valence-electron chi connectivity index (χ2n) is 6.40. The van der Waals surface area contributed by atoms with Crippen LogP contribution in [-0.4, -0.2) is 25.2 Å². The van der Waals surface area contributed by atoms with Gasteiger partial charge in [-0.05, 0) is 38.3 Å². The number of hydrogen-bond donors (Lipinski definition) is 1. The maximum Gasteiger partial charge on any atom is 0.0527 e. The van der Waals surface area contributed by atoms with E-state index in [0.29, 0.717) is 5.54 Å². The molecular weight excluding hydrogens is 232 g/mol. The molecule has 1 N–H and O–H groups in total. The fourth-order valence-corrected chi connectivity index (χ4v) is 3.99. The van der Waals surface area contributed by atoms with Crippen molar-refractivity contribution in [2.45, 2.75) is 51.5 Å². The van der Waals surface area contributed by atoms with Crippen LogP contribution >= 0.6 is 0 Å². The molecule has 0 atom stereocenters. The van der Waals surface area contributed by atoms with Crippen LogP contribution in [0.1, 0.15) is 43.2 Å². The molecule has 0 amide bonds. The lowest BCUT2D eigenvalue weighted by Gasteiger charge is -2.51. The number of rotatable bonds is 1. The summed E-state index contributed by atoms with van der Waals surface area (Å²) >= 11 is 0. The molecule has 1 aromatic rings. The Balaban J connectivity index is 1.95. The van der Waals surface area contributed by atoms with Crippen LogP contribution in [-0.2, 0) is 0 Å². The van der Waals surface area contributed by atoms with Gasteiger partial charge in [-0.3, -0.25) is 0 Å². The fraction of sp³-hybridized carbons (Fsp3) is 0.647. The summed E-state index contributed by atoms with van der Waals surface area (Å²) in [5, 5.41) is 3.63. The van der Waals surface area contributed by atoms with Gasteiger partial charge in [0.05, 0.1) is 5.54 Å². The maximum atomic E-state index is 3.63. The number of aryl methyl sites for hydroxylation is 2. The van der Waals surface area contributed by atoms with E-state index < -0.39 is 0 Å². The smallest absolute Gasteiger partial charge is 0.0527 e. The summed E-state index contributed by atoms with van der Waals surface area (Å²) in [6.07, 6.45) is 6.91. The Labute approximate surface area is 117 Å². The summed E-state index contributed by atoms with van der Waals surface area (Å²) in [5.74, 6) is 0. The van der Waals surface area contributed by atoms with Crippen LogP contribution in [0.15, 0.2) is 18.2 Å². The number of benzene rings is 1. The Kier molecular flexibility index (Phi) is 3.53. The molecule has 2 heteroatoms. The third-order valence-corrected chi connectivity index (χ3v) is 4.97. The third kappa shape index (κ3) is 2.38. The van der Waals surface area contributed by atoms with Crippen LogP contribution in [0.5, 0.6) is 0 Å². The SMILES string of the molecule is Cc1ccc(N2CCNCC23CCCCC3)c(C)c1. The molecule has 1 spiro atoms. The van der Waals surface area contributed by atoms with Gasteiger partial charge in [-0.1, -0.05) is 37.0 Å². The minimum atomic E-state index is 0.385. The summed E-state index contributed by atoms with van der Waals surface area (Å²) < 4.78 is 0. The molecule has 1 aromatic carbocycles. The lowest BCUT2D eigenvalue weighted by Crippen LogP contribution is -2.62. The van der Waals surface area contributed by atoms with Gasteiger partial charge in [-0.15, -0.1) is 0 Å². The molecule has 2 aliphatic rings. The minimum Gasteiger partial charge on any atom is -0.363 e. The summed E-state index contributed by atoms with van der Waals surface area (Å²) in [5.41, 5.74) is 4.66. The van der Waals surface area contributed by atoms with Crippen molar-refractivity contribution >= 4 is 5.69 Å². The molecule has 1 heterocycles. The van der Waals surface area contributed by atoms with Crippen molar-refractivity contribution in [3.63, 3.8) is 0 Å². The van der Waals surface area contributed by atoms with Crippen molar-refractivity contribution in [2.75, 3.05) is 24.5 Å². The van der Waals surface area contributed by atoms with E-state index in [2.05, 4.69) is 42.3 Å². The van der Waals surface area contributed by atoms with E-state index in [4.69, 9.17) is 0 Å². The van der Waals surface area contributed by atoms with Gasteiger partial charge < -0.3 is 10.2 Å². The zero-order valence-electron chi connectivity index (χ0n) is 12.3. The molecule has 0 bridgehead atoms. The third-order valence-electron chi connectivity index (χ3n) is 4.97. The average molecular weight is 258 g/mol. The molecule has 2 fully saturated rings. The summed E-state index contributed by atoms with van der Waals surface area (Å²) in [6.45, 7) is 7.89. The lowest BCUT2D eigenvalue weighted by atomic mass is 9.78. The molecule has 1 saturated carbocycles. The van der Waals surface area contributed by atoms with E-state index in [1.807, 2.05) is 0 Å². The van der Waals surface area contributed by atoms with Gasteiger partial charge in [-0.25, -0.2) is 0 Å². The van der Waals surface area contributed by atoms with Gasteiger partial charge in [0.25, 0.3) is 0 Å². The molecule has 104 valence electrons. The van der Waals surface area contributed by atoms with Crippen molar-refractivity contribution in [1.82, 2.24) is 5.32 Å². The maximum absolute atomic E-state index is 3.63. The standard InChI is InChI=1S/C17H26N2/c1-14-6-7-16(15(2)12-14)19-11-10-18-13-17(19)8-4-3-5-9-17/h6-7,12,18H,3-5,8-11,13H2,1-2H3. The average Bonchev–Trinajstić information content (AvgIpc) is 2.41. The van der Waals surface area contributed by atoms with Gasteiger partial charge in [0.2, 0.25) is 0 Å². The first kappa shape index (κ1) is 13.0. The number of piperazine rings is 1. The monoisotopic (exact) mass is 258 g/mol. The van der Waals surface area contributed by atoms with Gasteiger partial charge >= 0.3 is 0 Å². The molecule has 0 unspecified atom stereocenters. The Morgan fingerprint density at radius 2 is 1.89 bits per heavy atom. The Bertz CT molecular complexity index is 438. The normalized spacial score (nSPS) is 22.7. The molecule has 1 aliphatic carbocycles. The molecule has 1 saturated heterocycles. The second-order valence-corrected chi connectivity index (χ2v) is 6.40. The largest absolute Gasteiger partial charge is 0.363 e. The fourth-order valence-electron chi connectivity index (χ4n) is 3.99. The topological polar surface area (TPSA) is 15.3 Å². The van der Waals surface area contributed by atoms with Crippen LogP contribution in [0, 0.1) is 13.8 Å². The minimum absolute atomic E-state index is 0.385. The highest BCUT2D eigenvalue weighted by molar-refractivity contribution is 5.57. The predicted molar refractivity (Wildman–Crippen MR) is 81.9 cm³/mol. The highest BCUT2D eigenvalue weighted by Crippen LogP contribution is 2.38. The first-order chi connectivity index (χ1) is 9.21. The number of nitrogens with zero attached hydrogens (tertiary/aromatic N) is 1. The van der Waals surface area contributed by atoms with Crippen molar-refractivity contribution in [2.24, 2.45) is 0 Å². The number of hydrogen-bond acceptors (Lipinski definition) is 2. The van der Waals surface area contributed by atoms with E-state index in [1.165, 1.54) is 55.5 Å². The molecular formula is C17H26N2. The Hall–Kier alpha value is -1.02. The van der Waals surface area contributed by atoms with E-state index in [-0.39, 0.29) is 0 Å². The molecule has 0 aromatic heterocycles. The van der Waals surface area contributed by atoms with Crippen LogP contribution in [0.25, 0.3) is 0 Å². The molecule has 19 heavy (non-hydrogen) atoms. The van der Waals surface area contributed by atoms with Crippen molar-refractivity contribution in [1.29, 1.82) is 0 Å². The van der Waals surface area contributed by atoms with Crippen LogP contribution in [0.4, 0.5) is 5.69 Å². The van der Waals surface area contributed by atoms with E-state index in [1.54, 1.807) is 0 Å². The first-order valence-electron chi connectivity index (χ1n) is 7.77. The predicted octanol–water partition coefficient (Wildman–Crippen LogP) is 3.42. The summed E-state index contributed by atoms with van der Waals surface area (Å²) in [6, 6.07) is 6.93. The number of anilines is 1. The summed E-state index contributed by atoms with van der Waals surface area (Å²) in [7, 11) is 0. The van der Waals surface area contributed by atoms with Crippen LogP contribution in [0.2, 0.25) is 0 Å². The van der Waals surface area contributed by atoms with Gasteiger partial charge in [0.15, 0.2) is 0 Å². The highest BCUT2D eigenvalue weighted by Gasteiger charge is 2.40. The summed E-state index contributed by atoms with van der Waals surface area (Å²) in [4.78, 5) is 2.72. The zero-order valence-corrected chi connectivity index (χ0v) is 12.3. The van der Waals surface area contributed by atoms with Crippen molar-refractivity contribution in [3.05, 3.63) is 29.3 Å². The van der Waals surface area contributed by atoms with E-state index in [9.17, 15) is 0 Å². The second kappa shape index (κ2) is 5.16. The Morgan fingerprint density at radius 1 is 1.11 bits per heavy atom. The van der Waals surface area contributed by atoms with Crippen molar-refractivity contribution < 1.29 is 0 Å². The molecule has 1 aliphatic heterocycles. The highest BCUT2D eigenvalue weighted by atomic mass is 15.3. The van der Waals surface area contributed by atoms with Crippen molar-refractivity contribution in [3.8, 4) is 0 Å². The van der Waals surface area contributed by atoms with Gasteiger partial charge in [0.1, 0.15) is 0 Å². The molecule has 3 rings (SSSR count). The Morgan fingerprint density at radius 3 is 2.63 bits per heavy atom. The molecule has 2 nitrogen and oxygen atoms in total. The quantitative estimate of drug-likeness (QED) is 0.830. The van der Waals surface area contributed by atoms with Crippen LogP contribution in [0.3, 0.4) is 0 Å². The van der Waals surface area contributed by atoms with Gasteiger partial charge in [-0.2, -0.15) is 0 Å². The number of nitrogens with one attached hydrogen (secondary N) is 1. The van der Waals surface area contributed by atoms with E-state index in [0.717, 1.165) is 13.1 Å². The lowest BCUT2D eigenvalue weighted by molar-refractivity contribution is 0.241. The van der Waals surface area contributed by atoms with E-state index >= 15 is 0 Å². The van der Waals surface area contributed by atoms with Crippen LogP contribution < -0.4 is 10.2 Å². The first-order valence-corrected chi connectivity index (χ1v) is 7.77. The van der Waals surface area contributed by atoms with Gasteiger partial charge in [0, 0.05) is 25.3 Å². The molecule has 0 radical (unpaired) electrons. The zero-order chi connectivity index (χ0) is 13.3.